The number of hydrogen-bond acceptors (Lipinski definition) is 5. The van der Waals surface area contributed by atoms with Gasteiger partial charge in [0.2, 0.25) is 0 Å². The highest BCUT2D eigenvalue weighted by Crippen LogP contribution is 2.31. The largest absolute Gasteiger partial charge is 0.493 e. The summed E-state index contributed by atoms with van der Waals surface area (Å²) in [7, 11) is 2.79. The van der Waals surface area contributed by atoms with Crippen molar-refractivity contribution in [3.8, 4) is 11.5 Å². The van der Waals surface area contributed by atoms with E-state index in [-0.39, 0.29) is 28.3 Å². The third-order valence-electron chi connectivity index (χ3n) is 3.04. The molecule has 0 unspecified atom stereocenters. The molecule has 0 saturated carbocycles. The second kappa shape index (κ2) is 5.70. The zero-order valence-electron chi connectivity index (χ0n) is 11.6. The van der Waals surface area contributed by atoms with Crippen molar-refractivity contribution in [3.63, 3.8) is 0 Å². The number of ketones is 1. The molecule has 0 spiro atoms. The second-order valence-electron chi connectivity index (χ2n) is 4.36. The predicted molar refractivity (Wildman–Crippen MR) is 78.2 cm³/mol. The first kappa shape index (κ1) is 14.6. The van der Waals surface area contributed by atoms with Gasteiger partial charge < -0.3 is 20.9 Å². The van der Waals surface area contributed by atoms with Crippen molar-refractivity contribution < 1.29 is 18.7 Å². The van der Waals surface area contributed by atoms with Crippen molar-refractivity contribution in [1.82, 2.24) is 0 Å². The van der Waals surface area contributed by atoms with E-state index in [2.05, 4.69) is 0 Å². The molecular formula is C15H15FN2O3. The van der Waals surface area contributed by atoms with Gasteiger partial charge in [-0.1, -0.05) is 0 Å². The molecule has 0 heterocycles. The molecule has 0 aliphatic rings. The highest BCUT2D eigenvalue weighted by atomic mass is 19.1. The Hall–Kier alpha value is -2.76. The molecule has 0 bridgehead atoms. The molecule has 21 heavy (non-hydrogen) atoms. The molecule has 0 saturated heterocycles. The average Bonchev–Trinajstić information content (AvgIpc) is 2.46. The fourth-order valence-electron chi connectivity index (χ4n) is 1.96. The Morgan fingerprint density at radius 1 is 1.00 bits per heavy atom. The molecule has 6 heteroatoms. The van der Waals surface area contributed by atoms with E-state index >= 15 is 0 Å². The van der Waals surface area contributed by atoms with Crippen LogP contribution in [0, 0.1) is 5.82 Å². The molecule has 5 nitrogen and oxygen atoms in total. The minimum atomic E-state index is -0.714. The van der Waals surface area contributed by atoms with Crippen LogP contribution in [-0.2, 0) is 0 Å². The summed E-state index contributed by atoms with van der Waals surface area (Å²) in [6.45, 7) is 0. The van der Waals surface area contributed by atoms with Crippen LogP contribution in [-0.4, -0.2) is 20.0 Å². The van der Waals surface area contributed by atoms with Gasteiger partial charge in [0.05, 0.1) is 19.8 Å². The lowest BCUT2D eigenvalue weighted by Gasteiger charge is -2.11. The number of halogens is 1. The van der Waals surface area contributed by atoms with E-state index in [4.69, 9.17) is 20.9 Å². The molecule has 110 valence electrons. The van der Waals surface area contributed by atoms with Crippen LogP contribution in [0.1, 0.15) is 15.9 Å². The van der Waals surface area contributed by atoms with Gasteiger partial charge in [-0.05, 0) is 24.3 Å². The molecule has 0 aromatic heterocycles. The summed E-state index contributed by atoms with van der Waals surface area (Å²) in [5, 5.41) is 0. The summed E-state index contributed by atoms with van der Waals surface area (Å²) in [5.74, 6) is -0.798. The fraction of sp³-hybridized carbons (Fsp3) is 0.133. The summed E-state index contributed by atoms with van der Waals surface area (Å²) in [6, 6.07) is 6.82. The Labute approximate surface area is 121 Å². The molecule has 2 aromatic carbocycles. The zero-order valence-corrected chi connectivity index (χ0v) is 11.6. The van der Waals surface area contributed by atoms with Crippen LogP contribution >= 0.6 is 0 Å². The Morgan fingerprint density at radius 2 is 1.62 bits per heavy atom. The van der Waals surface area contributed by atoms with Gasteiger partial charge in [0.1, 0.15) is 5.82 Å². The standard InChI is InChI=1S/C15H15FN2O3/c1-20-13-6-10(11(16)7-14(13)21-2)15(19)9-4-3-8(17)5-12(9)18/h3-7H,17-18H2,1-2H3. The summed E-state index contributed by atoms with van der Waals surface area (Å²) in [5.41, 5.74) is 12.0. The van der Waals surface area contributed by atoms with Crippen LogP contribution in [0.2, 0.25) is 0 Å². The van der Waals surface area contributed by atoms with E-state index in [0.29, 0.717) is 5.69 Å². The first-order valence-electron chi connectivity index (χ1n) is 6.09. The van der Waals surface area contributed by atoms with Crippen LogP contribution in [0.15, 0.2) is 30.3 Å². The lowest BCUT2D eigenvalue weighted by atomic mass is 10.0. The van der Waals surface area contributed by atoms with Gasteiger partial charge in [0.15, 0.2) is 17.3 Å². The molecule has 0 radical (unpaired) electrons. The molecule has 0 aliphatic carbocycles. The summed E-state index contributed by atoms with van der Waals surface area (Å²) in [4.78, 5) is 12.4. The summed E-state index contributed by atoms with van der Waals surface area (Å²) >= 11 is 0. The topological polar surface area (TPSA) is 87.6 Å². The number of ether oxygens (including phenoxy) is 2. The number of rotatable bonds is 4. The number of benzene rings is 2. The first-order valence-corrected chi connectivity index (χ1v) is 6.09. The van der Waals surface area contributed by atoms with E-state index in [0.717, 1.165) is 6.07 Å². The third kappa shape index (κ3) is 2.74. The van der Waals surface area contributed by atoms with E-state index < -0.39 is 11.6 Å². The minimum Gasteiger partial charge on any atom is -0.493 e. The van der Waals surface area contributed by atoms with E-state index in [1.807, 2.05) is 0 Å². The molecule has 0 amide bonds. The van der Waals surface area contributed by atoms with Gasteiger partial charge in [-0.25, -0.2) is 4.39 Å². The second-order valence-corrected chi connectivity index (χ2v) is 4.36. The van der Waals surface area contributed by atoms with E-state index in [1.54, 1.807) is 0 Å². The molecule has 4 N–H and O–H groups in total. The molecule has 0 fully saturated rings. The van der Waals surface area contributed by atoms with Gasteiger partial charge >= 0.3 is 0 Å². The van der Waals surface area contributed by atoms with Crippen molar-refractivity contribution in [2.75, 3.05) is 25.7 Å². The molecule has 0 aliphatic heterocycles. The SMILES string of the molecule is COc1cc(F)c(C(=O)c2ccc(N)cc2N)cc1OC. The molecular weight excluding hydrogens is 275 g/mol. The average molecular weight is 290 g/mol. The Morgan fingerprint density at radius 3 is 2.19 bits per heavy atom. The maximum atomic E-state index is 14.1. The predicted octanol–water partition coefficient (Wildman–Crippen LogP) is 2.24. The lowest BCUT2D eigenvalue weighted by molar-refractivity contribution is 0.103. The maximum absolute atomic E-state index is 14.1. The van der Waals surface area contributed by atoms with Crippen molar-refractivity contribution in [1.29, 1.82) is 0 Å². The molecule has 2 rings (SSSR count). The molecule has 0 atom stereocenters. The smallest absolute Gasteiger partial charge is 0.198 e. The molecule has 2 aromatic rings. The van der Waals surface area contributed by atoms with Gasteiger partial charge in [-0.2, -0.15) is 0 Å². The summed E-state index contributed by atoms with van der Waals surface area (Å²) in [6.07, 6.45) is 0. The zero-order chi connectivity index (χ0) is 15.6. The monoisotopic (exact) mass is 290 g/mol. The van der Waals surface area contributed by atoms with Crippen molar-refractivity contribution in [2.45, 2.75) is 0 Å². The van der Waals surface area contributed by atoms with Crippen LogP contribution < -0.4 is 20.9 Å². The number of nitrogen functional groups attached to an aromatic ring is 2. The van der Waals surface area contributed by atoms with Gasteiger partial charge in [-0.15, -0.1) is 0 Å². The number of hydrogen-bond donors (Lipinski definition) is 2. The van der Waals surface area contributed by atoms with Crippen LogP contribution in [0.5, 0.6) is 11.5 Å². The number of nitrogens with two attached hydrogens (primary N) is 2. The van der Waals surface area contributed by atoms with Gasteiger partial charge in [-0.3, -0.25) is 4.79 Å². The van der Waals surface area contributed by atoms with Gasteiger partial charge in [0, 0.05) is 23.0 Å². The van der Waals surface area contributed by atoms with Crippen LogP contribution in [0.25, 0.3) is 0 Å². The third-order valence-corrected chi connectivity index (χ3v) is 3.04. The number of methoxy groups -OCH3 is 2. The van der Waals surface area contributed by atoms with Crippen molar-refractivity contribution in [2.24, 2.45) is 0 Å². The Bertz CT molecular complexity index is 702. The number of anilines is 2. The van der Waals surface area contributed by atoms with Gasteiger partial charge in [0.25, 0.3) is 0 Å². The first-order chi connectivity index (χ1) is 9.97. The fourth-order valence-corrected chi connectivity index (χ4v) is 1.96. The normalized spacial score (nSPS) is 10.2. The van der Waals surface area contributed by atoms with Crippen LogP contribution in [0.3, 0.4) is 0 Å². The highest BCUT2D eigenvalue weighted by Gasteiger charge is 2.20. The Kier molecular flexibility index (Phi) is 3.98. The number of carbonyl (C=O) groups is 1. The Balaban J connectivity index is 2.53. The summed E-state index contributed by atoms with van der Waals surface area (Å²) < 4.78 is 24.1. The lowest BCUT2D eigenvalue weighted by Crippen LogP contribution is -2.09. The minimum absolute atomic E-state index is 0.149. The van der Waals surface area contributed by atoms with Crippen LogP contribution in [0.4, 0.5) is 15.8 Å². The van der Waals surface area contributed by atoms with E-state index in [1.165, 1.54) is 38.5 Å². The quantitative estimate of drug-likeness (QED) is 0.666. The number of carbonyl (C=O) groups excluding carboxylic acids is 1. The maximum Gasteiger partial charge on any atom is 0.198 e. The van der Waals surface area contributed by atoms with Crippen molar-refractivity contribution in [3.05, 3.63) is 47.3 Å². The van der Waals surface area contributed by atoms with Crippen molar-refractivity contribution >= 4 is 17.2 Å². The highest BCUT2D eigenvalue weighted by molar-refractivity contribution is 6.12. The van der Waals surface area contributed by atoms with E-state index in [9.17, 15) is 9.18 Å².